The highest BCUT2D eigenvalue weighted by Crippen LogP contribution is 2.31. The zero-order valence-electron chi connectivity index (χ0n) is 20.5. The van der Waals surface area contributed by atoms with E-state index in [2.05, 4.69) is 21.1 Å². The van der Waals surface area contributed by atoms with E-state index in [4.69, 9.17) is 14.6 Å². The molecule has 1 aliphatic rings. The van der Waals surface area contributed by atoms with Gasteiger partial charge in [0, 0.05) is 37.5 Å². The van der Waals surface area contributed by atoms with Crippen molar-refractivity contribution in [1.29, 1.82) is 5.26 Å². The van der Waals surface area contributed by atoms with Gasteiger partial charge in [-0.05, 0) is 38.0 Å². The Morgan fingerprint density at radius 2 is 2.00 bits per heavy atom. The summed E-state index contributed by atoms with van der Waals surface area (Å²) in [6, 6.07) is 7.94. The number of likely N-dealkylation sites (N-methyl/N-ethyl adjacent to an activating group) is 1. The summed E-state index contributed by atoms with van der Waals surface area (Å²) < 4.78 is 39.1. The van der Waals surface area contributed by atoms with Crippen molar-refractivity contribution >= 4 is 23.4 Å². The predicted molar refractivity (Wildman–Crippen MR) is 129 cm³/mol. The minimum Gasteiger partial charge on any atom is -0.492 e. The fourth-order valence-corrected chi connectivity index (χ4v) is 4.01. The number of carboxylic acids is 1. The molecule has 0 aliphatic carbocycles. The molecule has 38 heavy (non-hydrogen) atoms. The van der Waals surface area contributed by atoms with Crippen molar-refractivity contribution in [3.63, 3.8) is 0 Å². The Morgan fingerprint density at radius 3 is 2.55 bits per heavy atom. The molecule has 1 aliphatic heterocycles. The molecule has 4 rings (SSSR count). The second-order valence-electron chi connectivity index (χ2n) is 8.33. The van der Waals surface area contributed by atoms with Gasteiger partial charge in [-0.2, -0.15) is 23.5 Å². The number of nitrogens with zero attached hydrogens (tertiary/aromatic N) is 6. The maximum absolute atomic E-state index is 11.3. The zero-order valence-corrected chi connectivity index (χ0v) is 20.5. The third kappa shape index (κ3) is 6.41. The maximum Gasteiger partial charge on any atom is 0.490 e. The van der Waals surface area contributed by atoms with Crippen LogP contribution in [0.25, 0.3) is 16.6 Å². The van der Waals surface area contributed by atoms with Crippen molar-refractivity contribution in [2.24, 2.45) is 0 Å². The smallest absolute Gasteiger partial charge is 0.490 e. The molecule has 0 bridgehead atoms. The molecule has 0 radical (unpaired) electrons. The lowest BCUT2D eigenvalue weighted by Gasteiger charge is -2.37. The molecule has 1 unspecified atom stereocenters. The molecule has 202 valence electrons. The van der Waals surface area contributed by atoms with Crippen molar-refractivity contribution in [2.45, 2.75) is 32.0 Å². The van der Waals surface area contributed by atoms with E-state index in [0.29, 0.717) is 30.0 Å². The Morgan fingerprint density at radius 1 is 1.29 bits per heavy atom. The van der Waals surface area contributed by atoms with E-state index in [-0.39, 0.29) is 6.04 Å². The molecular weight excluding hydrogens is 509 g/mol. The molecule has 0 spiro atoms. The van der Waals surface area contributed by atoms with Gasteiger partial charge in [-0.25, -0.2) is 19.1 Å². The number of nitriles is 1. The van der Waals surface area contributed by atoms with Crippen molar-refractivity contribution < 1.29 is 37.7 Å². The first-order valence-corrected chi connectivity index (χ1v) is 11.5. The summed E-state index contributed by atoms with van der Waals surface area (Å²) in [5.74, 6) is -1.29. The largest absolute Gasteiger partial charge is 0.492 e. The fourth-order valence-electron chi connectivity index (χ4n) is 4.01. The number of pyridine rings is 2. The van der Waals surface area contributed by atoms with Crippen LogP contribution in [0, 0.1) is 11.3 Å². The average Bonchev–Trinajstić information content (AvgIpc) is 3.31. The van der Waals surface area contributed by atoms with Crippen molar-refractivity contribution in [2.75, 3.05) is 31.6 Å². The number of hydrogen-bond donors (Lipinski definition) is 2. The molecular formula is C24H25F3N6O5. The first-order chi connectivity index (χ1) is 18.0. The van der Waals surface area contributed by atoms with Gasteiger partial charge in [-0.15, -0.1) is 0 Å². The van der Waals surface area contributed by atoms with Crippen LogP contribution in [0.3, 0.4) is 0 Å². The Kier molecular flexibility index (Phi) is 8.61. The Bertz CT molecular complexity index is 1340. The van der Waals surface area contributed by atoms with Gasteiger partial charge in [-0.1, -0.05) is 0 Å². The van der Waals surface area contributed by atoms with Crippen LogP contribution in [0.1, 0.15) is 25.3 Å². The van der Waals surface area contributed by atoms with Gasteiger partial charge in [0.1, 0.15) is 17.6 Å². The summed E-state index contributed by atoms with van der Waals surface area (Å²) in [6.45, 7) is 3.88. The summed E-state index contributed by atoms with van der Waals surface area (Å²) in [5.41, 5.74) is 2.86. The average molecular weight is 534 g/mol. The molecule has 0 aromatic carbocycles. The molecule has 3 aromatic heterocycles. The molecule has 2 N–H and O–H groups in total. The number of aliphatic carboxylic acids is 1. The number of halogens is 3. The predicted octanol–water partition coefficient (Wildman–Crippen LogP) is 3.88. The Hall–Kier alpha value is -4.54. The fraction of sp³-hybridized carbons (Fsp3) is 0.375. The van der Waals surface area contributed by atoms with Gasteiger partial charge in [-0.3, -0.25) is 0 Å². The van der Waals surface area contributed by atoms with Crippen molar-refractivity contribution in [1.82, 2.24) is 19.5 Å². The third-order valence-electron chi connectivity index (χ3n) is 5.89. The number of amides is 1. The maximum atomic E-state index is 11.3. The number of hydrogen-bond acceptors (Lipinski definition) is 7. The van der Waals surface area contributed by atoms with E-state index in [1.807, 2.05) is 25.1 Å². The second kappa shape index (κ2) is 11.7. The van der Waals surface area contributed by atoms with Gasteiger partial charge >= 0.3 is 18.2 Å². The lowest BCUT2D eigenvalue weighted by Crippen LogP contribution is -2.48. The van der Waals surface area contributed by atoms with Gasteiger partial charge in [0.15, 0.2) is 0 Å². The van der Waals surface area contributed by atoms with E-state index in [1.165, 1.54) is 4.90 Å². The van der Waals surface area contributed by atoms with Crippen molar-refractivity contribution in [3.8, 4) is 22.9 Å². The van der Waals surface area contributed by atoms with Gasteiger partial charge in [0.25, 0.3) is 0 Å². The molecule has 1 amide bonds. The summed E-state index contributed by atoms with van der Waals surface area (Å²) in [5, 5.41) is 30.2. The first-order valence-electron chi connectivity index (χ1n) is 11.5. The quantitative estimate of drug-likeness (QED) is 0.498. The van der Waals surface area contributed by atoms with Crippen molar-refractivity contribution in [3.05, 3.63) is 42.4 Å². The number of alkyl halides is 3. The molecule has 11 nitrogen and oxygen atoms in total. The highest BCUT2D eigenvalue weighted by atomic mass is 19.4. The SMILES string of the molecule is CCOc1cc(-c2ccc(N3CCCC(N(C)C(=O)O)C3)nc2)c2c(C#N)cnn2c1.O=C(O)C(F)(F)F. The zero-order chi connectivity index (χ0) is 28.0. The third-order valence-corrected chi connectivity index (χ3v) is 5.89. The number of rotatable bonds is 5. The highest BCUT2D eigenvalue weighted by Gasteiger charge is 2.38. The Labute approximate surface area is 215 Å². The summed E-state index contributed by atoms with van der Waals surface area (Å²) >= 11 is 0. The number of carbonyl (C=O) groups is 2. The number of aromatic nitrogens is 3. The molecule has 14 heteroatoms. The monoisotopic (exact) mass is 534 g/mol. The van der Waals surface area contributed by atoms with Crippen LogP contribution < -0.4 is 9.64 Å². The molecule has 1 atom stereocenters. The lowest BCUT2D eigenvalue weighted by atomic mass is 10.0. The standard InChI is InChI=1S/C22H24N6O3.C2HF3O2/c1-3-31-18-9-19(21-16(10-23)12-25-28(21)14-18)15-6-7-20(24-11-15)27-8-4-5-17(13-27)26(2)22(29)30;3-2(4,5)1(6)7/h6-7,9,11-12,14,17H,3-5,8,13H2,1-2H3,(H,29,30);(H,6,7). The molecule has 1 saturated heterocycles. The van der Waals surface area contributed by atoms with Crippen LogP contribution in [-0.2, 0) is 4.79 Å². The van der Waals surface area contributed by atoms with Crippen LogP contribution in [0.15, 0.2) is 36.8 Å². The summed E-state index contributed by atoms with van der Waals surface area (Å²) in [6.07, 6.45) is 0.837. The van der Waals surface area contributed by atoms with Crippen LogP contribution in [0.4, 0.5) is 23.8 Å². The number of fused-ring (bicyclic) bond motifs is 1. The molecule has 0 saturated carbocycles. The van der Waals surface area contributed by atoms with E-state index in [9.17, 15) is 28.3 Å². The van der Waals surface area contributed by atoms with Crippen LogP contribution in [0.5, 0.6) is 5.75 Å². The lowest BCUT2D eigenvalue weighted by molar-refractivity contribution is -0.192. The molecule has 3 aromatic rings. The van der Waals surface area contributed by atoms with Gasteiger partial charge in [0.2, 0.25) is 0 Å². The van der Waals surface area contributed by atoms with Gasteiger partial charge < -0.3 is 24.7 Å². The topological polar surface area (TPSA) is 144 Å². The number of ether oxygens (including phenoxy) is 1. The number of carboxylic acid groups (broad SMARTS) is 2. The van der Waals surface area contributed by atoms with Crippen LogP contribution >= 0.6 is 0 Å². The van der Waals surface area contributed by atoms with E-state index in [0.717, 1.165) is 36.3 Å². The number of piperidine rings is 1. The van der Waals surface area contributed by atoms with E-state index < -0.39 is 18.2 Å². The molecule has 4 heterocycles. The highest BCUT2D eigenvalue weighted by molar-refractivity contribution is 5.85. The summed E-state index contributed by atoms with van der Waals surface area (Å²) in [4.78, 5) is 28.3. The number of anilines is 1. The Balaban J connectivity index is 0.000000505. The van der Waals surface area contributed by atoms with E-state index >= 15 is 0 Å². The van der Waals surface area contributed by atoms with Gasteiger partial charge in [0.05, 0.1) is 36.1 Å². The normalized spacial score (nSPS) is 15.3. The van der Waals surface area contributed by atoms with Crippen LogP contribution in [-0.4, -0.2) is 80.7 Å². The summed E-state index contributed by atoms with van der Waals surface area (Å²) in [7, 11) is 1.61. The van der Waals surface area contributed by atoms with Crippen LogP contribution in [0.2, 0.25) is 0 Å². The first kappa shape index (κ1) is 28.0. The molecule has 1 fully saturated rings. The minimum absolute atomic E-state index is 0.0554. The minimum atomic E-state index is -5.08. The van der Waals surface area contributed by atoms with E-state index in [1.54, 1.807) is 30.2 Å². The second-order valence-corrected chi connectivity index (χ2v) is 8.33.